The molecule has 1 saturated carbocycles. The lowest BCUT2D eigenvalue weighted by Crippen LogP contribution is -2.34. The van der Waals surface area contributed by atoms with Crippen LogP contribution in [0.15, 0.2) is 24.3 Å². The highest BCUT2D eigenvalue weighted by Crippen LogP contribution is 2.59. The summed E-state index contributed by atoms with van der Waals surface area (Å²) < 4.78 is 4.65. The molecule has 2 N–H and O–H groups in total. The normalized spacial score (nSPS) is 26.4. The molecule has 17 heavy (non-hydrogen) atoms. The van der Waals surface area contributed by atoms with Gasteiger partial charge in [0.2, 0.25) is 5.91 Å². The monoisotopic (exact) mass is 253 g/mol. The zero-order valence-electron chi connectivity index (χ0n) is 9.27. The lowest BCUT2D eigenvalue weighted by atomic mass is 9.98. The van der Waals surface area contributed by atoms with Gasteiger partial charge in [0.1, 0.15) is 0 Å². The first-order valence-corrected chi connectivity index (χ1v) is 5.54. The maximum Gasteiger partial charge on any atom is 0.322 e. The van der Waals surface area contributed by atoms with Gasteiger partial charge in [-0.15, -0.1) is 0 Å². The summed E-state index contributed by atoms with van der Waals surface area (Å²) in [5.41, 5.74) is 4.98. The van der Waals surface area contributed by atoms with Gasteiger partial charge in [-0.1, -0.05) is 23.7 Å². The van der Waals surface area contributed by atoms with E-state index in [1.165, 1.54) is 7.11 Å². The van der Waals surface area contributed by atoms with Crippen molar-refractivity contribution in [3.8, 4) is 0 Å². The van der Waals surface area contributed by atoms with Gasteiger partial charge in [0.05, 0.1) is 7.11 Å². The highest BCUT2D eigenvalue weighted by molar-refractivity contribution is 6.30. The third-order valence-corrected chi connectivity index (χ3v) is 3.47. The summed E-state index contributed by atoms with van der Waals surface area (Å²) in [4.78, 5) is 23.1. The average Bonchev–Trinajstić information content (AvgIpc) is 3.05. The molecule has 1 fully saturated rings. The lowest BCUT2D eigenvalue weighted by molar-refractivity contribution is -0.151. The Morgan fingerprint density at radius 1 is 1.41 bits per heavy atom. The maximum absolute atomic E-state index is 11.6. The number of rotatable bonds is 3. The summed E-state index contributed by atoms with van der Waals surface area (Å²) in [6, 6.07) is 7.03. The molecule has 0 radical (unpaired) electrons. The predicted octanol–water partition coefficient (Wildman–Crippen LogP) is 1.47. The molecule has 0 saturated heterocycles. The summed E-state index contributed by atoms with van der Waals surface area (Å²) in [7, 11) is 1.25. The minimum atomic E-state index is -1.19. The number of carbonyl (C=O) groups excluding carboxylic acids is 2. The van der Waals surface area contributed by atoms with E-state index in [2.05, 4.69) is 4.74 Å². The summed E-state index contributed by atoms with van der Waals surface area (Å²) in [6.07, 6.45) is 0.399. The van der Waals surface area contributed by atoms with Crippen LogP contribution in [-0.2, 0) is 14.3 Å². The van der Waals surface area contributed by atoms with Gasteiger partial charge in [-0.05, 0) is 24.1 Å². The molecule has 1 amide bonds. The number of primary amides is 1. The number of carbonyl (C=O) groups is 2. The molecule has 2 rings (SSSR count). The number of esters is 1. The third-order valence-electron chi connectivity index (χ3n) is 3.22. The molecule has 2 atom stereocenters. The van der Waals surface area contributed by atoms with Crippen LogP contribution in [0.1, 0.15) is 17.9 Å². The van der Waals surface area contributed by atoms with Crippen LogP contribution < -0.4 is 5.73 Å². The Morgan fingerprint density at radius 2 is 2.00 bits per heavy atom. The minimum absolute atomic E-state index is 0.204. The van der Waals surface area contributed by atoms with Crippen molar-refractivity contribution in [3.63, 3.8) is 0 Å². The number of benzene rings is 1. The first-order valence-electron chi connectivity index (χ1n) is 5.16. The van der Waals surface area contributed by atoms with Gasteiger partial charge in [-0.2, -0.15) is 0 Å². The molecule has 1 aliphatic rings. The molecule has 2 unspecified atom stereocenters. The van der Waals surface area contributed by atoms with Crippen LogP contribution in [0.3, 0.4) is 0 Å². The highest BCUT2D eigenvalue weighted by Gasteiger charge is 2.66. The van der Waals surface area contributed by atoms with Crippen molar-refractivity contribution < 1.29 is 14.3 Å². The number of nitrogens with two attached hydrogens (primary N) is 1. The van der Waals surface area contributed by atoms with Crippen molar-refractivity contribution in [1.82, 2.24) is 0 Å². The van der Waals surface area contributed by atoms with Crippen LogP contribution in [0.4, 0.5) is 0 Å². The van der Waals surface area contributed by atoms with Crippen LogP contribution >= 0.6 is 11.6 Å². The van der Waals surface area contributed by atoms with E-state index >= 15 is 0 Å². The van der Waals surface area contributed by atoms with Gasteiger partial charge >= 0.3 is 5.97 Å². The van der Waals surface area contributed by atoms with E-state index in [0.29, 0.717) is 11.4 Å². The molecular weight excluding hydrogens is 242 g/mol. The topological polar surface area (TPSA) is 69.4 Å². The highest BCUT2D eigenvalue weighted by atomic mass is 35.5. The second kappa shape index (κ2) is 4.04. The van der Waals surface area contributed by atoms with E-state index in [1.807, 2.05) is 0 Å². The van der Waals surface area contributed by atoms with E-state index in [4.69, 9.17) is 17.3 Å². The second-order valence-corrected chi connectivity index (χ2v) is 4.57. The summed E-state index contributed by atoms with van der Waals surface area (Å²) >= 11 is 5.78. The van der Waals surface area contributed by atoms with Crippen molar-refractivity contribution >= 4 is 23.5 Å². The fraction of sp³-hybridized carbons (Fsp3) is 0.333. The average molecular weight is 254 g/mol. The van der Waals surface area contributed by atoms with Gasteiger partial charge < -0.3 is 10.5 Å². The van der Waals surface area contributed by atoms with Gasteiger partial charge in [0, 0.05) is 10.9 Å². The van der Waals surface area contributed by atoms with Gasteiger partial charge in [0.15, 0.2) is 5.41 Å². The molecule has 4 nitrogen and oxygen atoms in total. The summed E-state index contributed by atoms with van der Waals surface area (Å²) in [5, 5.41) is 0.608. The number of ether oxygens (including phenoxy) is 1. The smallest absolute Gasteiger partial charge is 0.322 e. The standard InChI is InChI=1S/C12H12ClNO3/c1-17-11(16)12(10(14)15)6-9(12)7-2-4-8(13)5-3-7/h2-5,9H,6H2,1H3,(H2,14,15). The Bertz CT molecular complexity index is 471. The first kappa shape index (κ1) is 11.9. The van der Waals surface area contributed by atoms with Crippen LogP contribution in [0.2, 0.25) is 5.02 Å². The Balaban J connectivity index is 2.29. The molecule has 0 bridgehead atoms. The number of methoxy groups -OCH3 is 1. The van der Waals surface area contributed by atoms with Crippen LogP contribution in [0.5, 0.6) is 0 Å². The Kier molecular flexibility index (Phi) is 2.83. The maximum atomic E-state index is 11.6. The fourth-order valence-corrected chi connectivity index (χ4v) is 2.27. The zero-order valence-corrected chi connectivity index (χ0v) is 10.0. The van der Waals surface area contributed by atoms with Crippen LogP contribution in [-0.4, -0.2) is 19.0 Å². The van der Waals surface area contributed by atoms with E-state index in [9.17, 15) is 9.59 Å². The molecule has 0 aromatic heterocycles. The van der Waals surface area contributed by atoms with Crippen molar-refractivity contribution in [2.45, 2.75) is 12.3 Å². The van der Waals surface area contributed by atoms with Crippen molar-refractivity contribution in [2.24, 2.45) is 11.1 Å². The van der Waals surface area contributed by atoms with Gasteiger partial charge in [-0.25, -0.2) is 0 Å². The van der Waals surface area contributed by atoms with Crippen LogP contribution in [0, 0.1) is 5.41 Å². The summed E-state index contributed by atoms with van der Waals surface area (Å²) in [5.74, 6) is -1.40. The third kappa shape index (κ3) is 1.78. The molecule has 0 heterocycles. The predicted molar refractivity (Wildman–Crippen MR) is 62.5 cm³/mol. The van der Waals surface area contributed by atoms with Crippen molar-refractivity contribution in [1.29, 1.82) is 0 Å². The molecule has 1 aromatic rings. The van der Waals surface area contributed by atoms with Gasteiger partial charge in [-0.3, -0.25) is 9.59 Å². The number of amides is 1. The molecule has 1 aliphatic carbocycles. The van der Waals surface area contributed by atoms with E-state index in [1.54, 1.807) is 24.3 Å². The quantitative estimate of drug-likeness (QED) is 0.655. The number of halogens is 1. The van der Waals surface area contributed by atoms with Crippen molar-refractivity contribution in [3.05, 3.63) is 34.9 Å². The zero-order chi connectivity index (χ0) is 12.6. The van der Waals surface area contributed by atoms with Crippen molar-refractivity contribution in [2.75, 3.05) is 7.11 Å². The molecular formula is C12H12ClNO3. The molecule has 1 aromatic carbocycles. The van der Waals surface area contributed by atoms with Gasteiger partial charge in [0.25, 0.3) is 0 Å². The Hall–Kier alpha value is -1.55. The molecule has 90 valence electrons. The lowest BCUT2D eigenvalue weighted by Gasteiger charge is -2.10. The number of hydrogen-bond acceptors (Lipinski definition) is 3. The Morgan fingerprint density at radius 3 is 2.47 bits per heavy atom. The van der Waals surface area contributed by atoms with E-state index in [-0.39, 0.29) is 5.92 Å². The largest absolute Gasteiger partial charge is 0.468 e. The first-order chi connectivity index (χ1) is 8.02. The minimum Gasteiger partial charge on any atom is -0.468 e. The molecule has 0 aliphatic heterocycles. The fourth-order valence-electron chi connectivity index (χ4n) is 2.14. The number of hydrogen-bond donors (Lipinski definition) is 1. The van der Waals surface area contributed by atoms with E-state index < -0.39 is 17.3 Å². The SMILES string of the molecule is COC(=O)C1(C(N)=O)CC1c1ccc(Cl)cc1. The summed E-state index contributed by atoms with van der Waals surface area (Å²) in [6.45, 7) is 0. The van der Waals surface area contributed by atoms with Crippen LogP contribution in [0.25, 0.3) is 0 Å². The van der Waals surface area contributed by atoms with E-state index in [0.717, 1.165) is 5.56 Å². The molecule has 0 spiro atoms. The Labute approximate surface area is 104 Å². The second-order valence-electron chi connectivity index (χ2n) is 4.14. The molecule has 5 heteroatoms.